The Morgan fingerprint density at radius 1 is 1.11 bits per heavy atom. The van der Waals surface area contributed by atoms with E-state index >= 15 is 0 Å². The van der Waals surface area contributed by atoms with Gasteiger partial charge < -0.3 is 24.4 Å². The van der Waals surface area contributed by atoms with Gasteiger partial charge in [-0.3, -0.25) is 4.79 Å². The first kappa shape index (κ1) is 26.0. The average molecular weight is 495 g/mol. The van der Waals surface area contributed by atoms with Crippen LogP contribution in [0.15, 0.2) is 36.4 Å². The molecule has 4 rings (SSSR count). The lowest BCUT2D eigenvalue weighted by molar-refractivity contribution is -0.137. The number of carbonyl (C=O) groups excluding carboxylic acids is 2. The quantitative estimate of drug-likeness (QED) is 0.616. The topological polar surface area (TPSA) is 77.1 Å². The van der Waals surface area contributed by atoms with Crippen molar-refractivity contribution in [2.24, 2.45) is 5.41 Å². The van der Waals surface area contributed by atoms with E-state index in [0.717, 1.165) is 34.1 Å². The summed E-state index contributed by atoms with van der Waals surface area (Å²) >= 11 is 0. The summed E-state index contributed by atoms with van der Waals surface area (Å²) in [6.07, 6.45) is 5.62. The zero-order valence-corrected chi connectivity index (χ0v) is 22.2. The van der Waals surface area contributed by atoms with Crippen molar-refractivity contribution in [3.05, 3.63) is 47.5 Å². The largest absolute Gasteiger partial charge is 0.496 e. The van der Waals surface area contributed by atoms with Crippen LogP contribution < -0.4 is 10.1 Å². The molecule has 0 radical (unpaired) electrons. The second-order valence-electron chi connectivity index (χ2n) is 11.0. The minimum atomic E-state index is -0.717. The van der Waals surface area contributed by atoms with Crippen LogP contribution in [-0.2, 0) is 19.9 Å². The Hall–Kier alpha value is -3.06. The van der Waals surface area contributed by atoms with E-state index in [2.05, 4.69) is 35.7 Å². The number of amides is 2. The van der Waals surface area contributed by atoms with E-state index in [1.165, 1.54) is 0 Å². The number of hydrogen-bond donors (Lipinski definition) is 1. The molecule has 2 heterocycles. The van der Waals surface area contributed by atoms with Gasteiger partial charge in [0.25, 0.3) is 0 Å². The van der Waals surface area contributed by atoms with Crippen LogP contribution in [0.4, 0.5) is 4.79 Å². The van der Waals surface area contributed by atoms with Gasteiger partial charge in [-0.15, -0.1) is 0 Å². The molecule has 0 aromatic heterocycles. The lowest BCUT2D eigenvalue weighted by atomic mass is 9.85. The van der Waals surface area contributed by atoms with Crippen LogP contribution in [0.25, 0.3) is 16.8 Å². The van der Waals surface area contributed by atoms with E-state index in [1.54, 1.807) is 14.2 Å². The highest BCUT2D eigenvalue weighted by Gasteiger charge is 2.48. The molecule has 194 valence electrons. The normalized spacial score (nSPS) is 26.4. The van der Waals surface area contributed by atoms with Crippen molar-refractivity contribution in [2.75, 3.05) is 27.4 Å². The molecule has 2 aliphatic heterocycles. The SMILES string of the molecule is COc1cc2ccc3cc2cc1/C=C\CCCOC(=O)N[C@@H](C(C)(C)C)C(=O)N1C[C@@]3(OC)C[C@H]1C. The maximum absolute atomic E-state index is 13.8. The first-order valence-corrected chi connectivity index (χ1v) is 12.7. The molecular weight excluding hydrogens is 456 g/mol. The van der Waals surface area contributed by atoms with E-state index in [0.29, 0.717) is 19.4 Å². The molecule has 0 spiro atoms. The first-order chi connectivity index (χ1) is 17.1. The third-order valence-corrected chi connectivity index (χ3v) is 7.39. The number of fused-ring (bicyclic) bond motifs is 5. The number of cyclic esters (lactones) is 1. The fourth-order valence-corrected chi connectivity index (χ4v) is 5.29. The zero-order chi connectivity index (χ0) is 26.1. The Labute approximate surface area is 213 Å². The van der Waals surface area contributed by atoms with Crippen LogP contribution in [0.5, 0.6) is 5.75 Å². The molecule has 7 nitrogen and oxygen atoms in total. The molecule has 0 saturated carbocycles. The van der Waals surface area contributed by atoms with E-state index in [9.17, 15) is 9.59 Å². The van der Waals surface area contributed by atoms with E-state index in [-0.39, 0.29) is 18.6 Å². The second-order valence-corrected chi connectivity index (χ2v) is 11.0. The summed E-state index contributed by atoms with van der Waals surface area (Å²) in [6, 6.07) is 9.72. The number of hydrogen-bond acceptors (Lipinski definition) is 5. The third-order valence-electron chi connectivity index (χ3n) is 7.39. The van der Waals surface area contributed by atoms with Crippen LogP contribution in [0.3, 0.4) is 0 Å². The van der Waals surface area contributed by atoms with Crippen LogP contribution in [-0.4, -0.2) is 56.4 Å². The number of ether oxygens (including phenoxy) is 3. The summed E-state index contributed by atoms with van der Waals surface area (Å²) < 4.78 is 17.2. The maximum Gasteiger partial charge on any atom is 0.407 e. The molecule has 0 aliphatic carbocycles. The van der Waals surface area contributed by atoms with Crippen molar-refractivity contribution in [1.29, 1.82) is 0 Å². The number of rotatable bonds is 2. The van der Waals surface area contributed by atoms with Gasteiger partial charge in [-0.25, -0.2) is 4.79 Å². The molecule has 0 unspecified atom stereocenters. The predicted molar refractivity (Wildman–Crippen MR) is 141 cm³/mol. The highest BCUT2D eigenvalue weighted by Crippen LogP contribution is 2.41. The molecule has 2 amide bonds. The Morgan fingerprint density at radius 3 is 2.58 bits per heavy atom. The fraction of sp³-hybridized carbons (Fsp3) is 0.517. The minimum absolute atomic E-state index is 0.0627. The van der Waals surface area contributed by atoms with Crippen molar-refractivity contribution >= 4 is 28.8 Å². The van der Waals surface area contributed by atoms with Crippen molar-refractivity contribution in [3.8, 4) is 5.75 Å². The van der Waals surface area contributed by atoms with Crippen LogP contribution in [0.1, 0.15) is 58.1 Å². The van der Waals surface area contributed by atoms with Crippen molar-refractivity contribution in [2.45, 2.75) is 64.6 Å². The molecule has 2 aromatic rings. The lowest BCUT2D eigenvalue weighted by Crippen LogP contribution is -2.56. The van der Waals surface area contributed by atoms with Gasteiger partial charge in [0.15, 0.2) is 0 Å². The van der Waals surface area contributed by atoms with E-state index < -0.39 is 23.2 Å². The minimum Gasteiger partial charge on any atom is -0.496 e. The molecule has 1 N–H and O–H groups in total. The van der Waals surface area contributed by atoms with Crippen molar-refractivity contribution in [1.82, 2.24) is 10.2 Å². The fourth-order valence-electron chi connectivity index (χ4n) is 5.29. The number of alkyl carbamates (subject to hydrolysis) is 1. The average Bonchev–Trinajstić information content (AvgIpc) is 3.19. The highest BCUT2D eigenvalue weighted by atomic mass is 16.5. The van der Waals surface area contributed by atoms with Gasteiger partial charge >= 0.3 is 6.09 Å². The number of methoxy groups -OCH3 is 2. The number of nitrogens with one attached hydrogen (secondary N) is 1. The summed E-state index contributed by atoms with van der Waals surface area (Å²) in [5.74, 6) is 0.681. The first-order valence-electron chi connectivity index (χ1n) is 12.7. The number of benzene rings is 2. The molecule has 2 aliphatic rings. The summed E-state index contributed by atoms with van der Waals surface area (Å²) in [6.45, 7) is 8.56. The standard InChI is InChI=1S/C29H38N2O5/c1-19-17-29(35-6)18-31(19)26(32)25(28(2,3)4)30-27(33)36-13-9-7-8-10-21-14-22-15-23(29)12-11-20(22)16-24(21)34-5/h8,10-12,14-16,19,25H,7,9,13,17-18H2,1-6H3,(H,30,33)/b10-8-/t19-,25-,29+/m1/s1. The summed E-state index contributed by atoms with van der Waals surface area (Å²) in [5, 5.41) is 5.01. The Balaban J connectivity index is 1.80. The van der Waals surface area contributed by atoms with Crippen LogP contribution >= 0.6 is 0 Å². The van der Waals surface area contributed by atoms with Gasteiger partial charge in [0.05, 0.1) is 20.3 Å². The highest BCUT2D eigenvalue weighted by molar-refractivity contribution is 5.89. The number of nitrogens with zero attached hydrogens (tertiary/aromatic N) is 1. The molecular formula is C29H38N2O5. The molecule has 1 fully saturated rings. The maximum atomic E-state index is 13.8. The lowest BCUT2D eigenvalue weighted by Gasteiger charge is -2.35. The van der Waals surface area contributed by atoms with Crippen molar-refractivity contribution < 1.29 is 23.8 Å². The van der Waals surface area contributed by atoms with Gasteiger partial charge in [-0.2, -0.15) is 0 Å². The molecule has 3 atom stereocenters. The monoisotopic (exact) mass is 494 g/mol. The molecule has 5 bridgehead atoms. The third kappa shape index (κ3) is 5.07. The Kier molecular flexibility index (Phi) is 7.32. The molecule has 1 saturated heterocycles. The molecule has 2 aromatic carbocycles. The Morgan fingerprint density at radius 2 is 1.89 bits per heavy atom. The zero-order valence-electron chi connectivity index (χ0n) is 22.2. The van der Waals surface area contributed by atoms with E-state index in [1.807, 2.05) is 44.7 Å². The molecule has 7 heteroatoms. The smallest absolute Gasteiger partial charge is 0.407 e. The molecule has 36 heavy (non-hydrogen) atoms. The second kappa shape index (κ2) is 10.1. The Bertz CT molecular complexity index is 1170. The number of carbonyl (C=O) groups is 2. The summed E-state index contributed by atoms with van der Waals surface area (Å²) in [5.41, 5.74) is 0.877. The predicted octanol–water partition coefficient (Wildman–Crippen LogP) is 5.26. The van der Waals surface area contributed by atoms with Gasteiger partial charge in [-0.05, 0) is 59.7 Å². The number of allylic oxidation sites excluding steroid dienone is 1. The van der Waals surface area contributed by atoms with Crippen LogP contribution in [0.2, 0.25) is 0 Å². The van der Waals surface area contributed by atoms with Gasteiger partial charge in [-0.1, -0.05) is 45.1 Å². The summed E-state index contributed by atoms with van der Waals surface area (Å²) in [7, 11) is 3.38. The van der Waals surface area contributed by atoms with Gasteiger partial charge in [0, 0.05) is 25.1 Å². The van der Waals surface area contributed by atoms with Gasteiger partial charge in [0.2, 0.25) is 5.91 Å². The van der Waals surface area contributed by atoms with Crippen molar-refractivity contribution in [3.63, 3.8) is 0 Å². The van der Waals surface area contributed by atoms with Crippen LogP contribution in [0, 0.1) is 5.41 Å². The summed E-state index contributed by atoms with van der Waals surface area (Å²) in [4.78, 5) is 28.3. The van der Waals surface area contributed by atoms with E-state index in [4.69, 9.17) is 14.2 Å². The van der Waals surface area contributed by atoms with Gasteiger partial charge in [0.1, 0.15) is 17.4 Å².